The van der Waals surface area contributed by atoms with Gasteiger partial charge < -0.3 is 14.8 Å². The van der Waals surface area contributed by atoms with Crippen LogP contribution in [0.25, 0.3) is 0 Å². The quantitative estimate of drug-likeness (QED) is 0.657. The van der Waals surface area contributed by atoms with Gasteiger partial charge in [0.2, 0.25) is 0 Å². The van der Waals surface area contributed by atoms with Gasteiger partial charge in [-0.1, -0.05) is 24.3 Å². The molecule has 1 heterocycles. The van der Waals surface area contributed by atoms with Gasteiger partial charge in [-0.2, -0.15) is 0 Å². The molecule has 0 saturated heterocycles. The first-order valence-corrected chi connectivity index (χ1v) is 9.14. The second kappa shape index (κ2) is 7.71. The van der Waals surface area contributed by atoms with Crippen molar-refractivity contribution in [2.75, 3.05) is 24.4 Å². The molecular weight excluding hydrogens is 384 g/mol. The summed E-state index contributed by atoms with van der Waals surface area (Å²) in [7, 11) is 2.98. The van der Waals surface area contributed by atoms with Crippen molar-refractivity contribution in [1.82, 2.24) is 0 Å². The summed E-state index contributed by atoms with van der Waals surface area (Å²) in [5.74, 6) is -0.460. The van der Waals surface area contributed by atoms with E-state index in [9.17, 15) is 14.4 Å². The van der Waals surface area contributed by atoms with Crippen LogP contribution in [0, 0.1) is 0 Å². The van der Waals surface area contributed by atoms with E-state index in [1.54, 1.807) is 66.7 Å². The molecule has 0 aromatic heterocycles. The van der Waals surface area contributed by atoms with Crippen molar-refractivity contribution in [2.24, 2.45) is 0 Å². The van der Waals surface area contributed by atoms with Gasteiger partial charge in [-0.3, -0.25) is 14.4 Å². The standard InChI is InChI=1S/C23H18N2O5/c1-29-16-11-14(12-17(13-16)30-2)21(26)24-19-10-6-9-18-20(19)23(28)25(22(18)27)15-7-4-3-5-8-15/h3-13H,1-2H3,(H,24,26). The zero-order valence-corrected chi connectivity index (χ0v) is 16.3. The van der Waals surface area contributed by atoms with Crippen LogP contribution in [-0.4, -0.2) is 31.9 Å². The highest BCUT2D eigenvalue weighted by atomic mass is 16.5. The maximum Gasteiger partial charge on any atom is 0.268 e. The van der Waals surface area contributed by atoms with Crippen LogP contribution in [0.2, 0.25) is 0 Å². The van der Waals surface area contributed by atoms with Crippen molar-refractivity contribution >= 4 is 29.1 Å². The van der Waals surface area contributed by atoms with E-state index < -0.39 is 17.7 Å². The van der Waals surface area contributed by atoms with Crippen LogP contribution < -0.4 is 19.7 Å². The van der Waals surface area contributed by atoms with Gasteiger partial charge in [0.15, 0.2) is 0 Å². The number of carbonyl (C=O) groups is 3. The molecule has 1 aliphatic rings. The third-order valence-corrected chi connectivity index (χ3v) is 4.79. The number of para-hydroxylation sites is 1. The number of methoxy groups -OCH3 is 2. The number of hydrogen-bond acceptors (Lipinski definition) is 5. The van der Waals surface area contributed by atoms with Crippen molar-refractivity contribution in [3.05, 3.63) is 83.4 Å². The molecule has 7 nitrogen and oxygen atoms in total. The molecule has 3 aromatic carbocycles. The molecule has 7 heteroatoms. The highest BCUT2D eigenvalue weighted by Gasteiger charge is 2.38. The van der Waals surface area contributed by atoms with E-state index in [2.05, 4.69) is 5.32 Å². The van der Waals surface area contributed by atoms with Crippen molar-refractivity contribution < 1.29 is 23.9 Å². The number of amides is 3. The first kappa shape index (κ1) is 19.2. The lowest BCUT2D eigenvalue weighted by Crippen LogP contribution is -2.29. The molecule has 0 aliphatic carbocycles. The monoisotopic (exact) mass is 402 g/mol. The van der Waals surface area contributed by atoms with Crippen LogP contribution in [0.4, 0.5) is 11.4 Å². The molecule has 4 rings (SSSR count). The summed E-state index contributed by atoms with van der Waals surface area (Å²) in [6.45, 7) is 0. The molecule has 30 heavy (non-hydrogen) atoms. The first-order valence-electron chi connectivity index (χ1n) is 9.14. The Hall–Kier alpha value is -4.13. The van der Waals surface area contributed by atoms with Crippen LogP contribution in [0.15, 0.2) is 66.7 Å². The number of ether oxygens (including phenoxy) is 2. The smallest absolute Gasteiger partial charge is 0.268 e. The number of carbonyl (C=O) groups excluding carboxylic acids is 3. The molecule has 1 N–H and O–H groups in total. The predicted octanol–water partition coefficient (Wildman–Crippen LogP) is 3.76. The molecule has 3 aromatic rings. The maximum atomic E-state index is 13.1. The molecule has 3 amide bonds. The van der Waals surface area contributed by atoms with E-state index in [0.717, 1.165) is 4.90 Å². The van der Waals surface area contributed by atoms with Gasteiger partial charge in [0, 0.05) is 11.6 Å². The van der Waals surface area contributed by atoms with E-state index in [1.165, 1.54) is 14.2 Å². The Morgan fingerprint density at radius 3 is 2.13 bits per heavy atom. The van der Waals surface area contributed by atoms with Gasteiger partial charge in [0.1, 0.15) is 11.5 Å². The van der Waals surface area contributed by atoms with Gasteiger partial charge in [0.25, 0.3) is 17.7 Å². The first-order chi connectivity index (χ1) is 14.5. The van der Waals surface area contributed by atoms with Crippen LogP contribution in [0.1, 0.15) is 31.1 Å². The van der Waals surface area contributed by atoms with Gasteiger partial charge in [-0.05, 0) is 36.4 Å². The second-order valence-electron chi connectivity index (χ2n) is 6.56. The third-order valence-electron chi connectivity index (χ3n) is 4.79. The van der Waals surface area contributed by atoms with Crippen LogP contribution in [0.5, 0.6) is 11.5 Å². The highest BCUT2D eigenvalue weighted by molar-refractivity contribution is 6.36. The molecule has 0 unspecified atom stereocenters. The molecule has 0 radical (unpaired) electrons. The SMILES string of the molecule is COc1cc(OC)cc(C(=O)Nc2cccc3c2C(=O)N(c2ccccc2)C3=O)c1. The number of fused-ring (bicyclic) bond motifs is 1. The van der Waals surface area contributed by atoms with E-state index in [1.807, 2.05) is 0 Å². The summed E-state index contributed by atoms with van der Waals surface area (Å²) in [4.78, 5) is 39.9. The van der Waals surface area contributed by atoms with E-state index in [-0.39, 0.29) is 16.8 Å². The van der Waals surface area contributed by atoms with Crippen molar-refractivity contribution in [1.29, 1.82) is 0 Å². The van der Waals surface area contributed by atoms with E-state index in [4.69, 9.17) is 9.47 Å². The maximum absolute atomic E-state index is 13.1. The summed E-state index contributed by atoms with van der Waals surface area (Å²) in [5.41, 5.74) is 1.43. The Labute approximate surface area is 172 Å². The van der Waals surface area contributed by atoms with Crippen LogP contribution in [-0.2, 0) is 0 Å². The lowest BCUT2D eigenvalue weighted by molar-refractivity contribution is 0.0926. The fourth-order valence-electron chi connectivity index (χ4n) is 3.33. The summed E-state index contributed by atoms with van der Waals surface area (Å²) < 4.78 is 10.4. The number of nitrogens with one attached hydrogen (secondary N) is 1. The fourth-order valence-corrected chi connectivity index (χ4v) is 3.33. The minimum absolute atomic E-state index is 0.162. The van der Waals surface area contributed by atoms with Gasteiger partial charge in [-0.25, -0.2) is 4.90 Å². The van der Waals surface area contributed by atoms with Gasteiger partial charge in [0.05, 0.1) is 36.7 Å². The van der Waals surface area contributed by atoms with Gasteiger partial charge >= 0.3 is 0 Å². The number of imide groups is 1. The average molecular weight is 402 g/mol. The molecule has 0 spiro atoms. The molecule has 150 valence electrons. The molecule has 0 fully saturated rings. The average Bonchev–Trinajstić information content (AvgIpc) is 3.04. The summed E-state index contributed by atoms with van der Waals surface area (Å²) in [5, 5.41) is 2.73. The van der Waals surface area contributed by atoms with E-state index in [0.29, 0.717) is 22.7 Å². The summed E-state index contributed by atoms with van der Waals surface area (Å²) in [6.07, 6.45) is 0. The Morgan fingerprint density at radius 2 is 1.50 bits per heavy atom. The van der Waals surface area contributed by atoms with Crippen molar-refractivity contribution in [3.8, 4) is 11.5 Å². The Morgan fingerprint density at radius 1 is 0.833 bits per heavy atom. The predicted molar refractivity (Wildman–Crippen MR) is 112 cm³/mol. The largest absolute Gasteiger partial charge is 0.497 e. The second-order valence-corrected chi connectivity index (χ2v) is 6.56. The van der Waals surface area contributed by atoms with Crippen LogP contribution in [0.3, 0.4) is 0 Å². The normalized spacial score (nSPS) is 12.5. The minimum Gasteiger partial charge on any atom is -0.497 e. The lowest BCUT2D eigenvalue weighted by atomic mass is 10.1. The topological polar surface area (TPSA) is 84.9 Å². The number of hydrogen-bond donors (Lipinski definition) is 1. The highest BCUT2D eigenvalue weighted by Crippen LogP contribution is 2.33. The number of benzene rings is 3. The van der Waals surface area contributed by atoms with Crippen molar-refractivity contribution in [2.45, 2.75) is 0 Å². The number of nitrogens with zero attached hydrogens (tertiary/aromatic N) is 1. The van der Waals surface area contributed by atoms with Crippen LogP contribution >= 0.6 is 0 Å². The lowest BCUT2D eigenvalue weighted by Gasteiger charge is -2.14. The number of rotatable bonds is 5. The molecule has 0 atom stereocenters. The zero-order chi connectivity index (χ0) is 21.3. The Bertz CT molecular complexity index is 1140. The fraction of sp³-hybridized carbons (Fsp3) is 0.0870. The summed E-state index contributed by atoms with van der Waals surface area (Å²) in [6, 6.07) is 18.2. The molecule has 0 bridgehead atoms. The van der Waals surface area contributed by atoms with Crippen molar-refractivity contribution in [3.63, 3.8) is 0 Å². The molecule has 1 aliphatic heterocycles. The molecule has 0 saturated carbocycles. The third kappa shape index (κ3) is 3.26. The summed E-state index contributed by atoms with van der Waals surface area (Å²) >= 11 is 0. The zero-order valence-electron chi connectivity index (χ0n) is 16.3. The Balaban J connectivity index is 1.69. The van der Waals surface area contributed by atoms with E-state index >= 15 is 0 Å². The Kier molecular flexibility index (Phi) is 4.93. The number of anilines is 2. The molecular formula is C23H18N2O5. The minimum atomic E-state index is -0.486. The van der Waals surface area contributed by atoms with Gasteiger partial charge in [-0.15, -0.1) is 0 Å².